The minimum Gasteiger partial charge on any atom is -0.393 e. The Labute approximate surface area is 103 Å². The molecule has 1 aromatic rings. The molecule has 0 bridgehead atoms. The van der Waals surface area contributed by atoms with Gasteiger partial charge in [0, 0.05) is 24.7 Å². The summed E-state index contributed by atoms with van der Waals surface area (Å²) in [6.45, 7) is 5.74. The SMILES string of the molecule is Cc1cccc(CN(C)CC(C)C(N)=S)n1. The van der Waals surface area contributed by atoms with Crippen LogP contribution in [0.1, 0.15) is 18.3 Å². The molecule has 1 rings (SSSR count). The summed E-state index contributed by atoms with van der Waals surface area (Å²) in [7, 11) is 2.05. The molecule has 88 valence electrons. The number of aromatic nitrogens is 1. The first-order valence-electron chi connectivity index (χ1n) is 5.39. The Balaban J connectivity index is 2.51. The van der Waals surface area contributed by atoms with E-state index in [1.807, 2.05) is 32.0 Å². The molecule has 1 unspecified atom stereocenters. The number of rotatable bonds is 5. The van der Waals surface area contributed by atoms with Gasteiger partial charge in [-0.05, 0) is 26.1 Å². The quantitative estimate of drug-likeness (QED) is 0.792. The zero-order chi connectivity index (χ0) is 12.1. The van der Waals surface area contributed by atoms with Gasteiger partial charge in [-0.25, -0.2) is 0 Å². The fourth-order valence-electron chi connectivity index (χ4n) is 1.59. The fraction of sp³-hybridized carbons (Fsp3) is 0.500. The Hall–Kier alpha value is -1.00. The van der Waals surface area contributed by atoms with Gasteiger partial charge in [0.2, 0.25) is 0 Å². The average Bonchev–Trinajstić information content (AvgIpc) is 2.16. The molecule has 0 radical (unpaired) electrons. The molecule has 0 aliphatic heterocycles. The lowest BCUT2D eigenvalue weighted by atomic mass is 10.1. The van der Waals surface area contributed by atoms with Gasteiger partial charge in [-0.3, -0.25) is 9.88 Å². The van der Waals surface area contributed by atoms with Crippen molar-refractivity contribution in [1.29, 1.82) is 0 Å². The Morgan fingerprint density at radius 3 is 2.81 bits per heavy atom. The van der Waals surface area contributed by atoms with Crippen LogP contribution in [0.3, 0.4) is 0 Å². The van der Waals surface area contributed by atoms with Gasteiger partial charge >= 0.3 is 0 Å². The highest BCUT2D eigenvalue weighted by Crippen LogP contribution is 2.05. The van der Waals surface area contributed by atoms with Gasteiger partial charge in [-0.1, -0.05) is 25.2 Å². The first kappa shape index (κ1) is 13.1. The lowest BCUT2D eigenvalue weighted by molar-refractivity contribution is 0.304. The van der Waals surface area contributed by atoms with E-state index in [4.69, 9.17) is 18.0 Å². The van der Waals surface area contributed by atoms with E-state index in [0.29, 0.717) is 4.99 Å². The first-order valence-corrected chi connectivity index (χ1v) is 5.80. The second kappa shape index (κ2) is 5.92. The van der Waals surface area contributed by atoms with Crippen molar-refractivity contribution in [3.63, 3.8) is 0 Å². The van der Waals surface area contributed by atoms with Crippen LogP contribution in [0, 0.1) is 12.8 Å². The third kappa shape index (κ3) is 4.24. The summed E-state index contributed by atoms with van der Waals surface area (Å²) in [6.07, 6.45) is 0. The number of hydrogen-bond acceptors (Lipinski definition) is 3. The van der Waals surface area contributed by atoms with E-state index in [2.05, 4.69) is 16.9 Å². The molecule has 0 amide bonds. The molecule has 0 saturated carbocycles. The number of nitrogens with zero attached hydrogens (tertiary/aromatic N) is 2. The molecule has 0 aromatic carbocycles. The Morgan fingerprint density at radius 1 is 1.56 bits per heavy atom. The van der Waals surface area contributed by atoms with Crippen LogP contribution >= 0.6 is 12.2 Å². The molecule has 2 N–H and O–H groups in total. The van der Waals surface area contributed by atoms with Crippen LogP contribution < -0.4 is 5.73 Å². The molecule has 0 saturated heterocycles. The second-order valence-corrected chi connectivity index (χ2v) is 4.74. The summed E-state index contributed by atoms with van der Waals surface area (Å²) < 4.78 is 0. The number of hydrogen-bond donors (Lipinski definition) is 1. The van der Waals surface area contributed by atoms with E-state index in [-0.39, 0.29) is 5.92 Å². The predicted molar refractivity (Wildman–Crippen MR) is 71.3 cm³/mol. The molecule has 0 fully saturated rings. The van der Waals surface area contributed by atoms with Gasteiger partial charge < -0.3 is 5.73 Å². The molecule has 4 heteroatoms. The smallest absolute Gasteiger partial charge is 0.0768 e. The van der Waals surface area contributed by atoms with E-state index in [1.54, 1.807) is 0 Å². The first-order chi connectivity index (χ1) is 7.49. The maximum atomic E-state index is 5.59. The van der Waals surface area contributed by atoms with E-state index < -0.39 is 0 Å². The largest absolute Gasteiger partial charge is 0.393 e. The molecule has 3 nitrogen and oxygen atoms in total. The highest BCUT2D eigenvalue weighted by molar-refractivity contribution is 7.80. The van der Waals surface area contributed by atoms with Crippen molar-refractivity contribution >= 4 is 17.2 Å². The van der Waals surface area contributed by atoms with Gasteiger partial charge in [-0.2, -0.15) is 0 Å². The van der Waals surface area contributed by atoms with E-state index in [1.165, 1.54) is 0 Å². The van der Waals surface area contributed by atoms with Crippen molar-refractivity contribution in [1.82, 2.24) is 9.88 Å². The molecular formula is C12H19N3S. The zero-order valence-electron chi connectivity index (χ0n) is 10.1. The number of nitrogens with two attached hydrogens (primary N) is 1. The maximum absolute atomic E-state index is 5.59. The maximum Gasteiger partial charge on any atom is 0.0768 e. The van der Waals surface area contributed by atoms with E-state index in [0.717, 1.165) is 24.5 Å². The van der Waals surface area contributed by atoms with Crippen LogP contribution in [-0.4, -0.2) is 28.5 Å². The van der Waals surface area contributed by atoms with Crippen molar-refractivity contribution in [2.24, 2.45) is 11.7 Å². The molecule has 0 spiro atoms. The molecule has 1 aromatic heterocycles. The van der Waals surface area contributed by atoms with Gasteiger partial charge in [-0.15, -0.1) is 0 Å². The van der Waals surface area contributed by atoms with Crippen LogP contribution in [0.15, 0.2) is 18.2 Å². The summed E-state index contributed by atoms with van der Waals surface area (Å²) >= 11 is 4.96. The standard InChI is InChI=1S/C12H19N3S/c1-9(12(13)16)7-15(3)8-11-6-4-5-10(2)14-11/h4-6,9H,7-8H2,1-3H3,(H2,13,16). The third-order valence-electron chi connectivity index (χ3n) is 2.45. The van der Waals surface area contributed by atoms with Crippen LogP contribution in [0.25, 0.3) is 0 Å². The molecule has 0 aliphatic carbocycles. The zero-order valence-corrected chi connectivity index (χ0v) is 10.9. The summed E-state index contributed by atoms with van der Waals surface area (Å²) in [5, 5.41) is 0. The summed E-state index contributed by atoms with van der Waals surface area (Å²) in [6, 6.07) is 6.07. The summed E-state index contributed by atoms with van der Waals surface area (Å²) in [5.74, 6) is 0.241. The van der Waals surface area contributed by atoms with Gasteiger partial charge in [0.1, 0.15) is 0 Å². The van der Waals surface area contributed by atoms with Crippen molar-refractivity contribution in [2.45, 2.75) is 20.4 Å². The van der Waals surface area contributed by atoms with Gasteiger partial charge in [0.25, 0.3) is 0 Å². The van der Waals surface area contributed by atoms with Gasteiger partial charge in [0.05, 0.1) is 10.7 Å². The molecule has 1 heterocycles. The lowest BCUT2D eigenvalue weighted by Crippen LogP contribution is -2.31. The van der Waals surface area contributed by atoms with E-state index in [9.17, 15) is 0 Å². The fourth-order valence-corrected chi connectivity index (χ4v) is 1.66. The Bertz CT molecular complexity index is 365. The van der Waals surface area contributed by atoms with Crippen molar-refractivity contribution < 1.29 is 0 Å². The number of pyridine rings is 1. The van der Waals surface area contributed by atoms with Crippen molar-refractivity contribution in [3.05, 3.63) is 29.6 Å². The van der Waals surface area contributed by atoms with Crippen LogP contribution in [0.5, 0.6) is 0 Å². The Kier molecular flexibility index (Phi) is 4.83. The molecule has 0 aliphatic rings. The predicted octanol–water partition coefficient (Wildman–Crippen LogP) is 1.74. The molecule has 16 heavy (non-hydrogen) atoms. The van der Waals surface area contributed by atoms with Crippen LogP contribution in [0.2, 0.25) is 0 Å². The highest BCUT2D eigenvalue weighted by atomic mass is 32.1. The van der Waals surface area contributed by atoms with Crippen LogP contribution in [0.4, 0.5) is 0 Å². The lowest BCUT2D eigenvalue weighted by Gasteiger charge is -2.20. The van der Waals surface area contributed by atoms with Crippen LogP contribution in [-0.2, 0) is 6.54 Å². The number of thiocarbonyl (C=S) groups is 1. The van der Waals surface area contributed by atoms with Crippen molar-refractivity contribution in [3.8, 4) is 0 Å². The average molecular weight is 237 g/mol. The molecular weight excluding hydrogens is 218 g/mol. The number of aryl methyl sites for hydroxylation is 1. The monoisotopic (exact) mass is 237 g/mol. The molecule has 1 atom stereocenters. The topological polar surface area (TPSA) is 42.1 Å². The summed E-state index contributed by atoms with van der Waals surface area (Å²) in [5.41, 5.74) is 7.72. The normalized spacial score (nSPS) is 12.8. The van der Waals surface area contributed by atoms with Crippen molar-refractivity contribution in [2.75, 3.05) is 13.6 Å². The van der Waals surface area contributed by atoms with Gasteiger partial charge in [0.15, 0.2) is 0 Å². The van der Waals surface area contributed by atoms with E-state index >= 15 is 0 Å². The Morgan fingerprint density at radius 2 is 2.25 bits per heavy atom. The highest BCUT2D eigenvalue weighted by Gasteiger charge is 2.09. The minimum absolute atomic E-state index is 0.241. The summed E-state index contributed by atoms with van der Waals surface area (Å²) in [4.78, 5) is 7.22. The minimum atomic E-state index is 0.241. The second-order valence-electron chi connectivity index (χ2n) is 4.27. The third-order valence-corrected chi connectivity index (χ3v) is 2.85.